The van der Waals surface area contributed by atoms with E-state index in [0.29, 0.717) is 39.9 Å². The van der Waals surface area contributed by atoms with E-state index in [1.165, 1.54) is 49.4 Å². The summed E-state index contributed by atoms with van der Waals surface area (Å²) in [5.41, 5.74) is 1.12. The van der Waals surface area contributed by atoms with Gasteiger partial charge in [0.05, 0.1) is 35.5 Å². The molecule has 0 fully saturated rings. The molecule has 0 amide bonds. The van der Waals surface area contributed by atoms with Gasteiger partial charge in [-0.1, -0.05) is 12.1 Å². The van der Waals surface area contributed by atoms with Gasteiger partial charge in [0.2, 0.25) is 0 Å². The maximum atomic E-state index is 14.4. The molecule has 0 aromatic heterocycles. The van der Waals surface area contributed by atoms with Crippen molar-refractivity contribution in [1.82, 2.24) is 0 Å². The van der Waals surface area contributed by atoms with Crippen LogP contribution in [0.4, 0.5) is 0 Å². The highest BCUT2D eigenvalue weighted by atomic mass is 16.6. The molecule has 0 radical (unpaired) electrons. The zero-order valence-electron chi connectivity index (χ0n) is 24.1. The first-order valence-electron chi connectivity index (χ1n) is 12.6. The fraction of sp³-hybridized carbons (Fsp3) is 0.323. The Morgan fingerprint density at radius 1 is 0.537 bits per heavy atom. The van der Waals surface area contributed by atoms with Crippen LogP contribution in [0.1, 0.15) is 47.5 Å². The number of esters is 2. The van der Waals surface area contributed by atoms with E-state index < -0.39 is 35.8 Å². The van der Waals surface area contributed by atoms with Gasteiger partial charge in [-0.25, -0.2) is 0 Å². The number of ketones is 1. The number of carbonyl (C=O) groups excluding carboxylic acids is 3. The summed E-state index contributed by atoms with van der Waals surface area (Å²) in [6.07, 6.45) is -2.42. The third-order valence-electron chi connectivity index (χ3n) is 6.39. The molecular formula is C31H34O10. The van der Waals surface area contributed by atoms with Crippen molar-refractivity contribution >= 4 is 17.7 Å². The summed E-state index contributed by atoms with van der Waals surface area (Å²) < 4.78 is 38.5. The maximum absolute atomic E-state index is 14.4. The van der Waals surface area contributed by atoms with Crippen molar-refractivity contribution < 1.29 is 47.5 Å². The molecule has 0 aliphatic carbocycles. The van der Waals surface area contributed by atoms with E-state index in [1.54, 1.807) is 60.7 Å². The lowest BCUT2D eigenvalue weighted by molar-refractivity contribution is -0.157. The lowest BCUT2D eigenvalue weighted by Gasteiger charge is -2.33. The number of hydrogen-bond acceptors (Lipinski definition) is 10. The highest BCUT2D eigenvalue weighted by Crippen LogP contribution is 2.44. The van der Waals surface area contributed by atoms with Crippen LogP contribution >= 0.6 is 0 Å². The van der Waals surface area contributed by atoms with Gasteiger partial charge in [-0.05, 0) is 59.7 Å². The summed E-state index contributed by atoms with van der Waals surface area (Å²) in [6, 6.07) is 16.3. The van der Waals surface area contributed by atoms with Gasteiger partial charge in [0, 0.05) is 19.4 Å². The van der Waals surface area contributed by atoms with Gasteiger partial charge in [-0.2, -0.15) is 0 Å². The molecular weight excluding hydrogens is 532 g/mol. The molecule has 41 heavy (non-hydrogen) atoms. The predicted molar refractivity (Wildman–Crippen MR) is 149 cm³/mol. The molecule has 10 nitrogen and oxygen atoms in total. The Morgan fingerprint density at radius 3 is 1.29 bits per heavy atom. The minimum Gasteiger partial charge on any atom is -0.497 e. The van der Waals surface area contributed by atoms with E-state index in [1.807, 2.05) is 0 Å². The van der Waals surface area contributed by atoms with Gasteiger partial charge in [0.1, 0.15) is 23.9 Å². The van der Waals surface area contributed by atoms with Gasteiger partial charge in [-0.3, -0.25) is 14.4 Å². The first kappa shape index (κ1) is 30.8. The van der Waals surface area contributed by atoms with Crippen LogP contribution in [0.3, 0.4) is 0 Å². The average Bonchev–Trinajstić information content (AvgIpc) is 2.98. The maximum Gasteiger partial charge on any atom is 0.303 e. The number of benzene rings is 3. The van der Waals surface area contributed by atoms with E-state index in [2.05, 4.69) is 0 Å². The molecule has 0 unspecified atom stereocenters. The van der Waals surface area contributed by atoms with Crippen LogP contribution in [-0.2, 0) is 19.1 Å². The topological polar surface area (TPSA) is 116 Å². The molecule has 0 N–H and O–H groups in total. The van der Waals surface area contributed by atoms with E-state index in [0.717, 1.165) is 0 Å². The van der Waals surface area contributed by atoms with Crippen molar-refractivity contribution in [1.29, 1.82) is 0 Å². The molecule has 0 spiro atoms. The molecule has 0 heterocycles. The molecule has 3 aromatic rings. The molecule has 3 rings (SSSR count). The third-order valence-corrected chi connectivity index (χ3v) is 6.39. The Kier molecular flexibility index (Phi) is 10.6. The largest absolute Gasteiger partial charge is 0.497 e. The Labute approximate surface area is 239 Å². The molecule has 2 atom stereocenters. The lowest BCUT2D eigenvalue weighted by Crippen LogP contribution is -2.33. The van der Waals surface area contributed by atoms with Crippen molar-refractivity contribution in [3.8, 4) is 28.7 Å². The van der Waals surface area contributed by atoms with Crippen LogP contribution in [0.15, 0.2) is 60.7 Å². The molecule has 218 valence electrons. The molecule has 0 aliphatic rings. The Balaban J connectivity index is 2.31. The van der Waals surface area contributed by atoms with Crippen molar-refractivity contribution in [3.05, 3.63) is 77.4 Å². The number of Topliss-reactive ketones (excluding diaryl/α,β-unsaturated/α-hetero) is 1. The third kappa shape index (κ3) is 7.27. The number of hydrogen-bond donors (Lipinski definition) is 0. The zero-order chi connectivity index (χ0) is 30.1. The smallest absolute Gasteiger partial charge is 0.303 e. The van der Waals surface area contributed by atoms with E-state index in [4.69, 9.17) is 33.2 Å². The first-order valence-corrected chi connectivity index (χ1v) is 12.6. The standard InChI is InChI=1S/C31H34O10/c1-18(32)40-30(21-10-14-24(36-4)26(16-21)38-6)28(29(34)20-8-12-23(35-3)13-9-20)31(41-19(2)33)22-11-15-25(37-5)27(17-22)39-7/h8-17,28,30-31H,1-7H3/t30-,31-/m0/s1. The van der Waals surface area contributed by atoms with Crippen LogP contribution in [0, 0.1) is 5.92 Å². The van der Waals surface area contributed by atoms with Crippen LogP contribution in [0.5, 0.6) is 28.7 Å². The summed E-state index contributed by atoms with van der Waals surface area (Å²) >= 11 is 0. The van der Waals surface area contributed by atoms with E-state index in [-0.39, 0.29) is 5.56 Å². The van der Waals surface area contributed by atoms with E-state index >= 15 is 0 Å². The van der Waals surface area contributed by atoms with Crippen molar-refractivity contribution in [2.75, 3.05) is 35.5 Å². The molecule has 0 saturated heterocycles. The highest BCUT2D eigenvalue weighted by Gasteiger charge is 2.42. The molecule has 0 aliphatic heterocycles. The number of carbonyl (C=O) groups is 3. The minimum absolute atomic E-state index is 0.283. The zero-order valence-corrected chi connectivity index (χ0v) is 24.1. The van der Waals surface area contributed by atoms with Gasteiger partial charge in [-0.15, -0.1) is 0 Å². The van der Waals surface area contributed by atoms with E-state index in [9.17, 15) is 14.4 Å². The van der Waals surface area contributed by atoms with Gasteiger partial charge in [0.15, 0.2) is 28.8 Å². The van der Waals surface area contributed by atoms with Crippen molar-refractivity contribution in [3.63, 3.8) is 0 Å². The lowest BCUT2D eigenvalue weighted by atomic mass is 9.81. The van der Waals surface area contributed by atoms with Gasteiger partial charge in [0.25, 0.3) is 0 Å². The summed E-state index contributed by atoms with van der Waals surface area (Å²) in [6.45, 7) is 2.47. The molecule has 0 saturated carbocycles. The second-order valence-electron chi connectivity index (χ2n) is 8.91. The monoisotopic (exact) mass is 566 g/mol. The Bertz CT molecular complexity index is 1290. The number of methoxy groups -OCH3 is 5. The predicted octanol–water partition coefficient (Wildman–Crippen LogP) is 5.14. The molecule has 10 heteroatoms. The van der Waals surface area contributed by atoms with Gasteiger partial charge < -0.3 is 33.2 Å². The first-order chi connectivity index (χ1) is 19.7. The van der Waals surface area contributed by atoms with Gasteiger partial charge >= 0.3 is 11.9 Å². The van der Waals surface area contributed by atoms with Crippen LogP contribution in [0.25, 0.3) is 0 Å². The van der Waals surface area contributed by atoms with Crippen molar-refractivity contribution in [2.45, 2.75) is 26.1 Å². The summed E-state index contributed by atoms with van der Waals surface area (Å²) in [5, 5.41) is 0. The molecule has 3 aromatic carbocycles. The molecule has 0 bridgehead atoms. The quantitative estimate of drug-likeness (QED) is 0.203. The second kappa shape index (κ2) is 14.1. The van der Waals surface area contributed by atoms with Crippen LogP contribution in [0.2, 0.25) is 0 Å². The Morgan fingerprint density at radius 2 is 0.951 bits per heavy atom. The van der Waals surface area contributed by atoms with Crippen LogP contribution in [-0.4, -0.2) is 53.3 Å². The minimum atomic E-state index is -1.24. The second-order valence-corrected chi connectivity index (χ2v) is 8.91. The fourth-order valence-electron chi connectivity index (χ4n) is 4.50. The highest BCUT2D eigenvalue weighted by molar-refractivity contribution is 5.99. The normalized spacial score (nSPS) is 12.1. The van der Waals surface area contributed by atoms with Crippen LogP contribution < -0.4 is 23.7 Å². The number of rotatable bonds is 13. The SMILES string of the molecule is COc1ccc(C(=O)C([C@@H](OC(C)=O)c2ccc(OC)c(OC)c2)[C@@H](OC(C)=O)c2ccc(OC)c(OC)c2)cc1. The number of ether oxygens (including phenoxy) is 7. The Hall–Kier alpha value is -4.73. The summed E-state index contributed by atoms with van der Waals surface area (Å²) in [7, 11) is 7.43. The summed E-state index contributed by atoms with van der Waals surface area (Å²) in [5.74, 6) is -0.856. The summed E-state index contributed by atoms with van der Waals surface area (Å²) in [4.78, 5) is 39.3. The van der Waals surface area contributed by atoms with Crippen molar-refractivity contribution in [2.24, 2.45) is 5.92 Å². The average molecular weight is 567 g/mol. The fourth-order valence-corrected chi connectivity index (χ4v) is 4.50.